The molecule has 200 valence electrons. The summed E-state index contributed by atoms with van der Waals surface area (Å²) in [6.45, 7) is 0.598. The number of terminal acetylenes is 1. The summed E-state index contributed by atoms with van der Waals surface area (Å²) in [6, 6.07) is 10.9. The van der Waals surface area contributed by atoms with Crippen LogP contribution < -0.4 is 10.6 Å². The molecule has 0 aliphatic heterocycles. The molecule has 13 heteroatoms. The lowest BCUT2D eigenvalue weighted by molar-refractivity contribution is -0.898. The molecule has 0 spiro atoms. The van der Waals surface area contributed by atoms with Gasteiger partial charge in [0.2, 0.25) is 5.91 Å². The number of carbonyl (C=O) groups excluding carboxylic acids is 1. The molecular weight excluding hydrogens is 512 g/mol. The molecule has 13 nitrogen and oxygen atoms in total. The zero-order valence-corrected chi connectivity index (χ0v) is 22.0. The third-order valence-electron chi connectivity index (χ3n) is 5.98. The second-order valence-electron chi connectivity index (χ2n) is 9.46. The van der Waals surface area contributed by atoms with Crippen LogP contribution in [-0.4, -0.2) is 60.5 Å². The molecule has 0 fully saturated rings. The number of likely N-dealkylation sites (N-methyl/N-ethyl adjacent to an activating group) is 1. The van der Waals surface area contributed by atoms with Gasteiger partial charge in [-0.3, -0.25) is 9.36 Å². The first-order valence-electron chi connectivity index (χ1n) is 11.9. The van der Waals surface area contributed by atoms with Gasteiger partial charge in [-0.2, -0.15) is 5.26 Å². The van der Waals surface area contributed by atoms with Gasteiger partial charge in [-0.05, 0) is 40.2 Å². The van der Waals surface area contributed by atoms with E-state index in [1.54, 1.807) is 19.2 Å². The monoisotopic (exact) mass is 537 g/mol. The minimum absolute atomic E-state index is 0.0376. The van der Waals surface area contributed by atoms with Gasteiger partial charge in [-0.1, -0.05) is 12.0 Å². The molecule has 4 aromatic rings. The van der Waals surface area contributed by atoms with Gasteiger partial charge in [-0.15, -0.1) is 6.42 Å². The molecule has 3 aromatic heterocycles. The van der Waals surface area contributed by atoms with Crippen LogP contribution >= 0.6 is 0 Å². The van der Waals surface area contributed by atoms with E-state index in [-0.39, 0.29) is 22.7 Å². The average molecular weight is 538 g/mol. The van der Waals surface area contributed by atoms with Crippen LogP contribution in [0.1, 0.15) is 17.1 Å². The second-order valence-corrected chi connectivity index (χ2v) is 9.46. The Morgan fingerprint density at radius 1 is 1.27 bits per heavy atom. The Bertz CT molecular complexity index is 1730. The first-order valence-corrected chi connectivity index (χ1v) is 11.9. The molecule has 4 rings (SSSR count). The second kappa shape index (κ2) is 11.4. The van der Waals surface area contributed by atoms with Crippen molar-refractivity contribution < 1.29 is 14.2 Å². The zero-order valence-electron chi connectivity index (χ0n) is 22.0. The number of aromatic nitrogens is 5. The average Bonchev–Trinajstić information content (AvgIpc) is 3.23. The van der Waals surface area contributed by atoms with Crippen molar-refractivity contribution in [1.82, 2.24) is 24.5 Å². The molecular formula is C27H25N10O3+. The van der Waals surface area contributed by atoms with E-state index >= 15 is 0 Å². The van der Waals surface area contributed by atoms with E-state index in [0.717, 1.165) is 11.3 Å². The first-order chi connectivity index (χ1) is 19.1. The molecule has 40 heavy (non-hydrogen) atoms. The summed E-state index contributed by atoms with van der Waals surface area (Å²) in [4.78, 5) is 40.1. The summed E-state index contributed by atoms with van der Waals surface area (Å²) in [5.74, 6) is 2.63. The van der Waals surface area contributed by atoms with Gasteiger partial charge >= 0.3 is 11.6 Å². The quantitative estimate of drug-likeness (QED) is 0.107. The Labute approximate surface area is 229 Å². The molecule has 2 N–H and O–H groups in total. The lowest BCUT2D eigenvalue weighted by atomic mass is 10.2. The van der Waals surface area contributed by atoms with Crippen LogP contribution in [0.2, 0.25) is 0 Å². The predicted molar refractivity (Wildman–Crippen MR) is 148 cm³/mol. The number of pyridine rings is 1. The summed E-state index contributed by atoms with van der Waals surface area (Å²) in [5, 5.41) is 27.2. The van der Waals surface area contributed by atoms with Gasteiger partial charge in [0, 0.05) is 29.8 Å². The molecule has 1 amide bonds. The lowest BCUT2D eigenvalue weighted by Gasteiger charge is -2.28. The highest BCUT2D eigenvalue weighted by Crippen LogP contribution is 2.25. The fourth-order valence-electron chi connectivity index (χ4n) is 3.97. The van der Waals surface area contributed by atoms with Crippen molar-refractivity contribution in [3.05, 3.63) is 82.2 Å². The SMILES string of the molecule is C#Cc1cccc(Nc2ncnc3cnc(NC(=O)/C=C/C[N+](C)(C)Cc4c([N+](=O)[O-])nc(C#N)n4C)cc23)c1. The predicted octanol–water partition coefficient (Wildman–Crippen LogP) is 3.03. The number of nitro groups is 1. The maximum Gasteiger partial charge on any atom is 0.392 e. The van der Waals surface area contributed by atoms with Gasteiger partial charge in [-0.25, -0.2) is 15.0 Å². The molecule has 0 bridgehead atoms. The van der Waals surface area contributed by atoms with E-state index in [9.17, 15) is 20.2 Å². The molecule has 0 saturated carbocycles. The molecule has 0 aliphatic rings. The van der Waals surface area contributed by atoms with Gasteiger partial charge in [0.1, 0.15) is 24.5 Å². The minimum atomic E-state index is -0.601. The smallest absolute Gasteiger partial charge is 0.358 e. The van der Waals surface area contributed by atoms with Gasteiger partial charge in [0.05, 0.1) is 32.4 Å². The molecule has 0 atom stereocenters. The summed E-state index contributed by atoms with van der Waals surface area (Å²) >= 11 is 0. The maximum absolute atomic E-state index is 12.6. The van der Waals surface area contributed by atoms with Crippen LogP contribution in [0.25, 0.3) is 10.9 Å². The number of amides is 1. The van der Waals surface area contributed by atoms with Crippen molar-refractivity contribution in [1.29, 1.82) is 5.26 Å². The van der Waals surface area contributed by atoms with E-state index in [1.165, 1.54) is 23.2 Å². The minimum Gasteiger partial charge on any atom is -0.358 e. The van der Waals surface area contributed by atoms with Crippen molar-refractivity contribution in [2.24, 2.45) is 7.05 Å². The van der Waals surface area contributed by atoms with Crippen LogP contribution in [0.15, 0.2) is 55.0 Å². The van der Waals surface area contributed by atoms with E-state index in [2.05, 4.69) is 36.5 Å². The number of imidazole rings is 1. The normalized spacial score (nSPS) is 11.2. The Kier molecular flexibility index (Phi) is 7.79. The summed E-state index contributed by atoms with van der Waals surface area (Å²) in [5.41, 5.74) is 2.38. The number of nitrogens with zero attached hydrogens (tertiary/aromatic N) is 8. The van der Waals surface area contributed by atoms with E-state index in [0.29, 0.717) is 34.8 Å². The van der Waals surface area contributed by atoms with E-state index < -0.39 is 10.8 Å². The van der Waals surface area contributed by atoms with Crippen LogP contribution in [0.3, 0.4) is 0 Å². The van der Waals surface area contributed by atoms with Gasteiger partial charge in [0.15, 0.2) is 11.8 Å². The number of nitriles is 1. The van der Waals surface area contributed by atoms with Crippen LogP contribution in [-0.2, 0) is 18.4 Å². The van der Waals surface area contributed by atoms with E-state index in [4.69, 9.17) is 6.42 Å². The van der Waals surface area contributed by atoms with Crippen molar-refractivity contribution in [2.45, 2.75) is 6.54 Å². The number of hydrogen-bond donors (Lipinski definition) is 2. The van der Waals surface area contributed by atoms with E-state index in [1.807, 2.05) is 44.4 Å². The molecule has 1 aromatic carbocycles. The highest BCUT2D eigenvalue weighted by Gasteiger charge is 2.30. The number of fused-ring (bicyclic) bond motifs is 1. The van der Waals surface area contributed by atoms with Gasteiger partial charge in [0.25, 0.3) is 0 Å². The van der Waals surface area contributed by atoms with Crippen LogP contribution in [0.5, 0.6) is 0 Å². The lowest BCUT2D eigenvalue weighted by Crippen LogP contribution is -2.39. The Morgan fingerprint density at radius 2 is 2.08 bits per heavy atom. The molecule has 0 unspecified atom stereocenters. The molecule has 0 radical (unpaired) electrons. The van der Waals surface area contributed by atoms with Crippen molar-refractivity contribution in [2.75, 3.05) is 31.3 Å². The van der Waals surface area contributed by atoms with Crippen LogP contribution in [0.4, 0.5) is 23.1 Å². The largest absolute Gasteiger partial charge is 0.392 e. The fourth-order valence-corrected chi connectivity index (χ4v) is 3.97. The fraction of sp³-hybridized carbons (Fsp3) is 0.185. The Morgan fingerprint density at radius 3 is 2.80 bits per heavy atom. The number of carbonyl (C=O) groups is 1. The molecule has 0 aliphatic carbocycles. The number of rotatable bonds is 9. The topological polar surface area (TPSA) is 165 Å². The highest BCUT2D eigenvalue weighted by molar-refractivity contribution is 6.00. The number of hydrogen-bond acceptors (Lipinski definition) is 9. The van der Waals surface area contributed by atoms with Crippen molar-refractivity contribution >= 4 is 40.0 Å². The standard InChI is InChI=1S/C27H24N10O3/c1-5-18-8-6-9-19(12-18)32-26-20-13-23(29-15-21(20)30-17-31-26)33-25(38)10-7-11-37(3,4)16-22-27(36(39)40)34-24(14-28)35(22)2/h1,6-10,12-13,15,17H,11,16H2,2-4H3,(H-,29,30,31,32,33,38)/p+1/b10-7+. The first kappa shape index (κ1) is 27.4. The third-order valence-corrected chi connectivity index (χ3v) is 5.98. The Hall–Kier alpha value is -5.66. The Balaban J connectivity index is 1.45. The maximum atomic E-state index is 12.6. The summed E-state index contributed by atoms with van der Waals surface area (Å²) in [6.07, 6.45) is 11.5. The number of quaternary nitrogens is 1. The molecule has 3 heterocycles. The zero-order chi connectivity index (χ0) is 28.9. The number of benzene rings is 1. The highest BCUT2D eigenvalue weighted by atomic mass is 16.6. The van der Waals surface area contributed by atoms with Crippen LogP contribution in [0, 0.1) is 33.8 Å². The van der Waals surface area contributed by atoms with Crippen molar-refractivity contribution in [3.8, 4) is 18.4 Å². The summed E-state index contributed by atoms with van der Waals surface area (Å²) in [7, 11) is 5.27. The number of anilines is 3. The van der Waals surface area contributed by atoms with Crippen molar-refractivity contribution in [3.63, 3.8) is 0 Å². The van der Waals surface area contributed by atoms with Gasteiger partial charge < -0.3 is 25.2 Å². The number of nitrogens with one attached hydrogen (secondary N) is 2. The molecule has 0 saturated heterocycles. The third kappa shape index (κ3) is 6.24. The summed E-state index contributed by atoms with van der Waals surface area (Å²) < 4.78 is 1.69.